The molecule has 0 aliphatic rings. The molecule has 0 fully saturated rings. The van der Waals surface area contributed by atoms with Gasteiger partial charge in [0.05, 0.1) is 23.1 Å². The second kappa shape index (κ2) is 5.75. The van der Waals surface area contributed by atoms with Gasteiger partial charge in [0.15, 0.2) is 0 Å². The number of phenolic OH excluding ortho intramolecular Hbond substituents is 1. The van der Waals surface area contributed by atoms with E-state index in [9.17, 15) is 9.90 Å². The van der Waals surface area contributed by atoms with Crippen LogP contribution in [0.4, 0.5) is 5.69 Å². The molecule has 106 valence electrons. The third-order valence-corrected chi connectivity index (χ3v) is 3.11. The van der Waals surface area contributed by atoms with Gasteiger partial charge in [-0.1, -0.05) is 12.1 Å². The number of carbonyl (C=O) groups excluding carboxylic acids is 1. The van der Waals surface area contributed by atoms with Gasteiger partial charge in [0, 0.05) is 0 Å². The average Bonchev–Trinajstić information content (AvgIpc) is 2.73. The standard InChI is InChI=1S/C14H18N4O2/c1-8-13(9(2)18-17-8)16-14(20)12(15)7-10-3-5-11(19)6-4-10/h3-6,12,19H,7,15H2,1-2H3,(H,16,20)(H,17,18)/t12-/m0/s1. The fourth-order valence-electron chi connectivity index (χ4n) is 1.93. The maximum Gasteiger partial charge on any atom is 0.241 e. The van der Waals surface area contributed by atoms with Crippen molar-refractivity contribution in [3.8, 4) is 5.75 Å². The highest BCUT2D eigenvalue weighted by molar-refractivity contribution is 5.95. The molecule has 0 bridgehead atoms. The zero-order valence-electron chi connectivity index (χ0n) is 11.5. The summed E-state index contributed by atoms with van der Waals surface area (Å²) >= 11 is 0. The quantitative estimate of drug-likeness (QED) is 0.673. The Labute approximate surface area is 117 Å². The van der Waals surface area contributed by atoms with Gasteiger partial charge in [-0.25, -0.2) is 0 Å². The first-order chi connectivity index (χ1) is 9.47. The van der Waals surface area contributed by atoms with Crippen LogP contribution in [0, 0.1) is 13.8 Å². The van der Waals surface area contributed by atoms with Gasteiger partial charge in [0.2, 0.25) is 5.91 Å². The van der Waals surface area contributed by atoms with Crippen LogP contribution in [-0.4, -0.2) is 27.3 Å². The number of nitrogens with zero attached hydrogens (tertiary/aromatic N) is 1. The van der Waals surface area contributed by atoms with Crippen molar-refractivity contribution in [2.45, 2.75) is 26.3 Å². The van der Waals surface area contributed by atoms with Crippen molar-refractivity contribution in [2.24, 2.45) is 5.73 Å². The average molecular weight is 274 g/mol. The van der Waals surface area contributed by atoms with Crippen molar-refractivity contribution in [3.63, 3.8) is 0 Å². The second-order valence-corrected chi connectivity index (χ2v) is 4.78. The monoisotopic (exact) mass is 274 g/mol. The number of aryl methyl sites for hydroxylation is 2. The van der Waals surface area contributed by atoms with Crippen LogP contribution in [-0.2, 0) is 11.2 Å². The van der Waals surface area contributed by atoms with E-state index < -0.39 is 6.04 Å². The number of anilines is 1. The highest BCUT2D eigenvalue weighted by atomic mass is 16.3. The van der Waals surface area contributed by atoms with Crippen LogP contribution in [0.3, 0.4) is 0 Å². The maximum atomic E-state index is 12.1. The number of hydrogen-bond acceptors (Lipinski definition) is 4. The van der Waals surface area contributed by atoms with E-state index in [0.29, 0.717) is 12.1 Å². The smallest absolute Gasteiger partial charge is 0.241 e. The first-order valence-electron chi connectivity index (χ1n) is 6.33. The first kappa shape index (κ1) is 14.1. The molecule has 6 nitrogen and oxygen atoms in total. The number of phenols is 1. The molecule has 1 atom stereocenters. The summed E-state index contributed by atoms with van der Waals surface area (Å²) in [5, 5.41) is 18.8. The minimum atomic E-state index is -0.659. The van der Waals surface area contributed by atoms with Gasteiger partial charge >= 0.3 is 0 Å². The molecule has 6 heteroatoms. The molecule has 2 aromatic rings. The number of aromatic hydroxyl groups is 1. The van der Waals surface area contributed by atoms with Gasteiger partial charge in [0.25, 0.3) is 0 Å². The fourth-order valence-corrected chi connectivity index (χ4v) is 1.93. The third-order valence-electron chi connectivity index (χ3n) is 3.11. The summed E-state index contributed by atoms with van der Waals surface area (Å²) in [6, 6.07) is 5.98. The molecule has 1 heterocycles. The van der Waals surface area contributed by atoms with E-state index >= 15 is 0 Å². The molecule has 5 N–H and O–H groups in total. The normalized spacial score (nSPS) is 12.2. The Kier molecular flexibility index (Phi) is 4.05. The van der Waals surface area contributed by atoms with Gasteiger partial charge in [-0.05, 0) is 38.0 Å². The van der Waals surface area contributed by atoms with Crippen LogP contribution < -0.4 is 11.1 Å². The van der Waals surface area contributed by atoms with Crippen molar-refractivity contribution in [1.82, 2.24) is 10.2 Å². The van der Waals surface area contributed by atoms with Gasteiger partial charge in [-0.2, -0.15) is 5.10 Å². The lowest BCUT2D eigenvalue weighted by molar-refractivity contribution is -0.117. The molecule has 0 aliphatic carbocycles. The molecule has 0 spiro atoms. The van der Waals surface area contributed by atoms with Crippen LogP contribution in [0.1, 0.15) is 17.0 Å². The van der Waals surface area contributed by atoms with Crippen molar-refractivity contribution in [2.75, 3.05) is 5.32 Å². The molecule has 1 aromatic carbocycles. The molecular weight excluding hydrogens is 256 g/mol. The predicted molar refractivity (Wildman–Crippen MR) is 76.5 cm³/mol. The number of carbonyl (C=O) groups is 1. The number of nitrogens with one attached hydrogen (secondary N) is 2. The molecule has 0 unspecified atom stereocenters. The molecule has 20 heavy (non-hydrogen) atoms. The molecular formula is C14H18N4O2. The summed E-state index contributed by atoms with van der Waals surface area (Å²) in [4.78, 5) is 12.1. The van der Waals surface area contributed by atoms with Gasteiger partial charge < -0.3 is 16.2 Å². The summed E-state index contributed by atoms with van der Waals surface area (Å²) in [5.74, 6) is -0.0675. The number of hydrogen-bond donors (Lipinski definition) is 4. The predicted octanol–water partition coefficient (Wildman–Crippen LogP) is 1.24. The van der Waals surface area contributed by atoms with E-state index in [4.69, 9.17) is 5.73 Å². The summed E-state index contributed by atoms with van der Waals surface area (Å²) in [5.41, 5.74) is 9.00. The van der Waals surface area contributed by atoms with Gasteiger partial charge in [0.1, 0.15) is 5.75 Å². The third kappa shape index (κ3) is 3.16. The molecule has 1 aromatic heterocycles. The SMILES string of the molecule is Cc1n[nH]c(C)c1NC(=O)[C@@H](N)Cc1ccc(O)cc1. The van der Waals surface area contributed by atoms with Crippen LogP contribution in [0.15, 0.2) is 24.3 Å². The largest absolute Gasteiger partial charge is 0.508 e. The van der Waals surface area contributed by atoms with Crippen LogP contribution in [0.25, 0.3) is 0 Å². The van der Waals surface area contributed by atoms with E-state index in [2.05, 4.69) is 15.5 Å². The lowest BCUT2D eigenvalue weighted by atomic mass is 10.1. The Bertz CT molecular complexity index is 585. The fraction of sp³-hybridized carbons (Fsp3) is 0.286. The summed E-state index contributed by atoms with van der Waals surface area (Å²) in [6.45, 7) is 3.64. The van der Waals surface area contributed by atoms with Crippen LogP contribution in [0.2, 0.25) is 0 Å². The molecule has 0 saturated carbocycles. The lowest BCUT2D eigenvalue weighted by Gasteiger charge is -2.12. The van der Waals surface area contributed by atoms with Crippen LogP contribution >= 0.6 is 0 Å². The van der Waals surface area contributed by atoms with Gasteiger partial charge in [-0.3, -0.25) is 9.89 Å². The number of amides is 1. The number of rotatable bonds is 4. The Hall–Kier alpha value is -2.34. The van der Waals surface area contributed by atoms with E-state index in [1.807, 2.05) is 13.8 Å². The Balaban J connectivity index is 2.00. The zero-order chi connectivity index (χ0) is 14.7. The number of H-pyrrole nitrogens is 1. The number of aromatic nitrogens is 2. The molecule has 1 amide bonds. The van der Waals surface area contributed by atoms with Crippen LogP contribution in [0.5, 0.6) is 5.75 Å². The highest BCUT2D eigenvalue weighted by Gasteiger charge is 2.17. The van der Waals surface area contributed by atoms with E-state index in [0.717, 1.165) is 17.0 Å². The van der Waals surface area contributed by atoms with E-state index in [-0.39, 0.29) is 11.7 Å². The first-order valence-corrected chi connectivity index (χ1v) is 6.33. The second-order valence-electron chi connectivity index (χ2n) is 4.78. The topological polar surface area (TPSA) is 104 Å². The summed E-state index contributed by atoms with van der Waals surface area (Å²) in [6.07, 6.45) is 0.405. The molecule has 0 aliphatic heterocycles. The summed E-state index contributed by atoms with van der Waals surface area (Å²) in [7, 11) is 0. The number of benzene rings is 1. The number of nitrogens with two attached hydrogens (primary N) is 1. The van der Waals surface area contributed by atoms with Crippen molar-refractivity contribution < 1.29 is 9.90 Å². The van der Waals surface area contributed by atoms with E-state index in [1.54, 1.807) is 24.3 Å². The lowest BCUT2D eigenvalue weighted by Crippen LogP contribution is -2.37. The van der Waals surface area contributed by atoms with Gasteiger partial charge in [-0.15, -0.1) is 0 Å². The zero-order valence-corrected chi connectivity index (χ0v) is 11.5. The highest BCUT2D eigenvalue weighted by Crippen LogP contribution is 2.17. The number of aromatic amines is 1. The van der Waals surface area contributed by atoms with Crippen molar-refractivity contribution >= 4 is 11.6 Å². The Morgan fingerprint density at radius 1 is 1.40 bits per heavy atom. The van der Waals surface area contributed by atoms with Crippen molar-refractivity contribution in [1.29, 1.82) is 0 Å². The maximum absolute atomic E-state index is 12.1. The minimum Gasteiger partial charge on any atom is -0.508 e. The Morgan fingerprint density at radius 3 is 2.60 bits per heavy atom. The molecule has 0 saturated heterocycles. The van der Waals surface area contributed by atoms with Crippen molar-refractivity contribution in [3.05, 3.63) is 41.2 Å². The summed E-state index contributed by atoms with van der Waals surface area (Å²) < 4.78 is 0. The Morgan fingerprint density at radius 2 is 2.05 bits per heavy atom. The van der Waals surface area contributed by atoms with E-state index in [1.165, 1.54) is 0 Å². The molecule has 2 rings (SSSR count). The minimum absolute atomic E-state index is 0.191. The molecule has 0 radical (unpaired) electrons.